The lowest BCUT2D eigenvalue weighted by molar-refractivity contribution is -0.137. The van der Waals surface area contributed by atoms with Gasteiger partial charge in [-0.25, -0.2) is 18.8 Å². The summed E-state index contributed by atoms with van der Waals surface area (Å²) in [5.74, 6) is -0.450. The molecular formula is C23H16F3N5O3S. The van der Waals surface area contributed by atoms with Crippen molar-refractivity contribution in [2.45, 2.75) is 11.1 Å². The number of hydrogen-bond donors (Lipinski definition) is 2. The van der Waals surface area contributed by atoms with Gasteiger partial charge in [-0.1, -0.05) is 18.2 Å². The van der Waals surface area contributed by atoms with E-state index in [0.29, 0.717) is 28.8 Å². The van der Waals surface area contributed by atoms with E-state index in [1.54, 1.807) is 24.3 Å². The van der Waals surface area contributed by atoms with Gasteiger partial charge in [-0.2, -0.15) is 18.3 Å². The minimum Gasteiger partial charge on any atom is -0.277 e. The lowest BCUT2D eigenvalue weighted by atomic mass is 10.2. The predicted octanol–water partition coefficient (Wildman–Crippen LogP) is 4.21. The summed E-state index contributed by atoms with van der Waals surface area (Å²) in [6.07, 6.45) is -0.349. The average Bonchev–Trinajstić information content (AvgIpc) is 2.84. The molecule has 4 rings (SSSR count). The van der Waals surface area contributed by atoms with E-state index < -0.39 is 27.7 Å². The second-order valence-corrected chi connectivity index (χ2v) is 8.86. The summed E-state index contributed by atoms with van der Waals surface area (Å²) in [5.41, 5.74) is 2.50. The van der Waals surface area contributed by atoms with Crippen molar-refractivity contribution in [2.24, 2.45) is 5.10 Å². The minimum absolute atomic E-state index is 0.124. The first-order valence-corrected chi connectivity index (χ1v) is 11.4. The molecule has 35 heavy (non-hydrogen) atoms. The molecule has 0 saturated heterocycles. The summed E-state index contributed by atoms with van der Waals surface area (Å²) in [7, 11) is -4.19. The van der Waals surface area contributed by atoms with Gasteiger partial charge in [0.25, 0.3) is 15.9 Å². The number of carbonyl (C=O) groups is 1. The third-order valence-electron chi connectivity index (χ3n) is 4.78. The number of benzene rings is 2. The number of anilines is 1. The van der Waals surface area contributed by atoms with E-state index in [0.717, 1.165) is 12.1 Å². The number of rotatable bonds is 6. The number of hydrazone groups is 1. The van der Waals surface area contributed by atoms with E-state index in [-0.39, 0.29) is 16.1 Å². The van der Waals surface area contributed by atoms with Crippen LogP contribution in [0.1, 0.15) is 21.6 Å². The quantitative estimate of drug-likeness (QED) is 0.305. The fourth-order valence-electron chi connectivity index (χ4n) is 3.07. The zero-order valence-electron chi connectivity index (χ0n) is 17.7. The maximum atomic E-state index is 12.8. The van der Waals surface area contributed by atoms with Crippen LogP contribution in [0.3, 0.4) is 0 Å². The van der Waals surface area contributed by atoms with Gasteiger partial charge in [0, 0.05) is 23.3 Å². The van der Waals surface area contributed by atoms with Gasteiger partial charge in [0.05, 0.1) is 33.6 Å². The Kier molecular flexibility index (Phi) is 6.47. The van der Waals surface area contributed by atoms with Crippen molar-refractivity contribution in [1.82, 2.24) is 15.4 Å². The number of fused-ring (bicyclic) bond motifs is 1. The normalized spacial score (nSPS) is 12.1. The van der Waals surface area contributed by atoms with Crippen molar-refractivity contribution in [3.8, 4) is 0 Å². The molecule has 8 nitrogen and oxygen atoms in total. The molecule has 0 saturated carbocycles. The Bertz CT molecular complexity index is 1510. The van der Waals surface area contributed by atoms with Crippen molar-refractivity contribution >= 4 is 38.7 Å². The van der Waals surface area contributed by atoms with Crippen molar-refractivity contribution in [2.75, 3.05) is 4.72 Å². The smallest absolute Gasteiger partial charge is 0.277 e. The number of carbonyl (C=O) groups excluding carboxylic acids is 1. The van der Waals surface area contributed by atoms with Gasteiger partial charge in [0.2, 0.25) is 0 Å². The van der Waals surface area contributed by atoms with Crippen LogP contribution in [0, 0.1) is 0 Å². The van der Waals surface area contributed by atoms with E-state index in [4.69, 9.17) is 0 Å². The molecule has 2 heterocycles. The molecule has 0 fully saturated rings. The Labute approximate surface area is 197 Å². The van der Waals surface area contributed by atoms with E-state index in [2.05, 4.69) is 25.2 Å². The number of nitrogens with zero attached hydrogens (tertiary/aromatic N) is 3. The molecule has 0 aliphatic rings. The Morgan fingerprint density at radius 3 is 2.34 bits per heavy atom. The molecule has 2 aromatic heterocycles. The molecule has 2 N–H and O–H groups in total. The highest BCUT2D eigenvalue weighted by molar-refractivity contribution is 7.92. The molecule has 0 unspecified atom stereocenters. The standard InChI is InChI=1S/C23H16F3N5O3S/c24-23(25,26)17-5-8-19(9-6-17)35(33,34)31-20-3-1-2-15-4-7-18(29-21(15)20)14-28-30-22(32)16-10-12-27-13-11-16/h1-14,31H,(H,30,32)/b28-14+. The maximum Gasteiger partial charge on any atom is 0.416 e. The van der Waals surface area contributed by atoms with E-state index in [1.807, 2.05) is 0 Å². The molecule has 0 spiro atoms. The van der Waals surface area contributed by atoms with Crippen molar-refractivity contribution < 1.29 is 26.4 Å². The summed E-state index contributed by atoms with van der Waals surface area (Å²) < 4.78 is 66.3. The number of aromatic nitrogens is 2. The Morgan fingerprint density at radius 1 is 0.943 bits per heavy atom. The number of sulfonamides is 1. The summed E-state index contributed by atoms with van der Waals surface area (Å²) >= 11 is 0. The van der Waals surface area contributed by atoms with E-state index >= 15 is 0 Å². The van der Waals surface area contributed by atoms with Crippen LogP contribution in [0.4, 0.5) is 18.9 Å². The van der Waals surface area contributed by atoms with Gasteiger partial charge in [-0.15, -0.1) is 0 Å². The zero-order chi connectivity index (χ0) is 25.1. The molecule has 178 valence electrons. The second kappa shape index (κ2) is 9.50. The van der Waals surface area contributed by atoms with Crippen LogP contribution in [0.25, 0.3) is 10.9 Å². The topological polar surface area (TPSA) is 113 Å². The molecule has 0 bridgehead atoms. The third-order valence-corrected chi connectivity index (χ3v) is 6.16. The van der Waals surface area contributed by atoms with Gasteiger partial charge in [0.1, 0.15) is 0 Å². The number of alkyl halides is 3. The van der Waals surface area contributed by atoms with Crippen LogP contribution < -0.4 is 10.1 Å². The first-order chi connectivity index (χ1) is 16.6. The van der Waals surface area contributed by atoms with Gasteiger partial charge in [-0.05, 0) is 48.5 Å². The Hall–Kier alpha value is -4.32. The van der Waals surface area contributed by atoms with Crippen LogP contribution in [-0.2, 0) is 16.2 Å². The molecule has 2 aromatic carbocycles. The number of halogens is 3. The summed E-state index contributed by atoms with van der Waals surface area (Å²) in [5, 5.41) is 4.47. The van der Waals surface area contributed by atoms with Crippen LogP contribution in [0.15, 0.2) is 89.1 Å². The molecule has 12 heteroatoms. The molecule has 0 radical (unpaired) electrons. The van der Waals surface area contributed by atoms with Gasteiger partial charge >= 0.3 is 6.18 Å². The first kappa shape index (κ1) is 23.8. The number of hydrogen-bond acceptors (Lipinski definition) is 6. The Balaban J connectivity index is 1.56. The lowest BCUT2D eigenvalue weighted by Gasteiger charge is -2.12. The minimum atomic E-state index is -4.58. The first-order valence-electron chi connectivity index (χ1n) is 9.97. The predicted molar refractivity (Wildman–Crippen MR) is 123 cm³/mol. The largest absolute Gasteiger partial charge is 0.416 e. The van der Waals surface area contributed by atoms with Crippen LogP contribution >= 0.6 is 0 Å². The van der Waals surface area contributed by atoms with Gasteiger partial charge < -0.3 is 0 Å². The SMILES string of the molecule is O=C(N/N=C/c1ccc2cccc(NS(=O)(=O)c3ccc(C(F)(F)F)cc3)c2n1)c1ccncc1. The monoisotopic (exact) mass is 499 g/mol. The third kappa shape index (κ3) is 5.61. The second-order valence-electron chi connectivity index (χ2n) is 7.18. The van der Waals surface area contributed by atoms with E-state index in [1.165, 1.54) is 36.8 Å². The summed E-state index contributed by atoms with van der Waals surface area (Å²) in [4.78, 5) is 19.9. The summed E-state index contributed by atoms with van der Waals surface area (Å²) in [6, 6.07) is 14.3. The summed E-state index contributed by atoms with van der Waals surface area (Å²) in [6.45, 7) is 0. The van der Waals surface area contributed by atoms with Crippen molar-refractivity contribution in [1.29, 1.82) is 0 Å². The number of para-hydroxylation sites is 1. The van der Waals surface area contributed by atoms with Crippen LogP contribution in [0.2, 0.25) is 0 Å². The van der Waals surface area contributed by atoms with Crippen LogP contribution in [-0.4, -0.2) is 30.5 Å². The fourth-order valence-corrected chi connectivity index (χ4v) is 4.13. The van der Waals surface area contributed by atoms with E-state index in [9.17, 15) is 26.4 Å². The number of amides is 1. The van der Waals surface area contributed by atoms with Gasteiger partial charge in [0.15, 0.2) is 0 Å². The molecular weight excluding hydrogens is 483 g/mol. The highest BCUT2D eigenvalue weighted by Gasteiger charge is 2.30. The fraction of sp³-hybridized carbons (Fsp3) is 0.0435. The maximum absolute atomic E-state index is 12.8. The molecule has 4 aromatic rings. The van der Waals surface area contributed by atoms with Gasteiger partial charge in [-0.3, -0.25) is 14.5 Å². The van der Waals surface area contributed by atoms with Crippen molar-refractivity contribution in [3.05, 3.63) is 95.9 Å². The molecule has 0 atom stereocenters. The molecule has 1 amide bonds. The number of pyridine rings is 2. The Morgan fingerprint density at radius 2 is 1.66 bits per heavy atom. The zero-order valence-corrected chi connectivity index (χ0v) is 18.5. The lowest BCUT2D eigenvalue weighted by Crippen LogP contribution is -2.17. The van der Waals surface area contributed by atoms with Crippen molar-refractivity contribution in [3.63, 3.8) is 0 Å². The highest BCUT2D eigenvalue weighted by Crippen LogP contribution is 2.30. The number of nitrogens with one attached hydrogen (secondary N) is 2. The molecule has 0 aliphatic heterocycles. The highest BCUT2D eigenvalue weighted by atomic mass is 32.2. The average molecular weight is 499 g/mol. The van der Waals surface area contributed by atoms with Crippen LogP contribution in [0.5, 0.6) is 0 Å². The molecule has 0 aliphatic carbocycles.